The topological polar surface area (TPSA) is 57.4 Å². The molecule has 0 aromatic carbocycles. The highest BCUT2D eigenvalue weighted by atomic mass is 14.8. The molecule has 0 unspecified atom stereocenters. The first-order valence-corrected chi connectivity index (χ1v) is 15.7. The summed E-state index contributed by atoms with van der Waals surface area (Å²) < 4.78 is 0. The molecular formula is C36H46N4. The second-order valence-corrected chi connectivity index (χ2v) is 11.5. The van der Waals surface area contributed by atoms with Gasteiger partial charge in [0.1, 0.15) is 0 Å². The van der Waals surface area contributed by atoms with Crippen molar-refractivity contribution in [3.8, 4) is 0 Å². The van der Waals surface area contributed by atoms with Gasteiger partial charge >= 0.3 is 0 Å². The molecule has 3 aromatic rings. The van der Waals surface area contributed by atoms with E-state index < -0.39 is 0 Å². The first kappa shape index (κ1) is 28.1. The van der Waals surface area contributed by atoms with Gasteiger partial charge in [0.2, 0.25) is 0 Å². The van der Waals surface area contributed by atoms with Crippen molar-refractivity contribution < 1.29 is 0 Å². The lowest BCUT2D eigenvalue weighted by atomic mass is 10.0. The Kier molecular flexibility index (Phi) is 9.36. The maximum atomic E-state index is 5.16. The lowest BCUT2D eigenvalue weighted by molar-refractivity contribution is 0.632. The van der Waals surface area contributed by atoms with E-state index in [-0.39, 0.29) is 0 Å². The van der Waals surface area contributed by atoms with Gasteiger partial charge in [-0.2, -0.15) is 0 Å². The van der Waals surface area contributed by atoms with Gasteiger partial charge in [-0.25, -0.2) is 9.97 Å². The normalized spacial score (nSPS) is 12.5. The predicted octanol–water partition coefficient (Wildman–Crippen LogP) is 10.3. The van der Waals surface area contributed by atoms with E-state index in [0.717, 1.165) is 52.2 Å². The van der Waals surface area contributed by atoms with Gasteiger partial charge in [0.15, 0.2) is 0 Å². The van der Waals surface area contributed by atoms with E-state index in [1.807, 2.05) is 0 Å². The summed E-state index contributed by atoms with van der Waals surface area (Å²) in [5.41, 5.74) is 13.9. The van der Waals surface area contributed by atoms with E-state index in [9.17, 15) is 0 Å². The number of hydrogen-bond donors (Lipinski definition) is 2. The summed E-state index contributed by atoms with van der Waals surface area (Å²) in [5, 5.41) is 0. The molecule has 2 aliphatic heterocycles. The van der Waals surface area contributed by atoms with E-state index >= 15 is 0 Å². The Hall–Kier alpha value is -3.40. The molecule has 40 heavy (non-hydrogen) atoms. The second kappa shape index (κ2) is 13.3. The highest BCUT2D eigenvalue weighted by Crippen LogP contribution is 2.28. The van der Waals surface area contributed by atoms with Crippen LogP contribution in [0.5, 0.6) is 0 Å². The number of hydrogen-bond acceptors (Lipinski definition) is 2. The van der Waals surface area contributed by atoms with Crippen molar-refractivity contribution in [1.29, 1.82) is 0 Å². The Balaban J connectivity index is 1.66. The molecule has 2 aliphatic rings. The molecule has 0 saturated carbocycles. The van der Waals surface area contributed by atoms with Gasteiger partial charge in [-0.05, 0) is 93.7 Å². The molecule has 0 aliphatic carbocycles. The van der Waals surface area contributed by atoms with Crippen molar-refractivity contribution in [3.63, 3.8) is 0 Å². The van der Waals surface area contributed by atoms with Crippen molar-refractivity contribution >= 4 is 46.4 Å². The van der Waals surface area contributed by atoms with Gasteiger partial charge in [0.05, 0.1) is 22.8 Å². The summed E-state index contributed by atoms with van der Waals surface area (Å²) in [6.45, 7) is 8.91. The zero-order valence-electron chi connectivity index (χ0n) is 25.0. The van der Waals surface area contributed by atoms with E-state index in [1.165, 1.54) is 91.9 Å². The quantitative estimate of drug-likeness (QED) is 0.156. The lowest BCUT2D eigenvalue weighted by Crippen LogP contribution is -1.94. The number of rotatable bonds is 12. The molecule has 5 rings (SSSR count). The molecule has 0 saturated heterocycles. The monoisotopic (exact) mass is 534 g/mol. The molecule has 3 aromatic heterocycles. The van der Waals surface area contributed by atoms with Gasteiger partial charge in [-0.3, -0.25) is 0 Å². The largest absolute Gasteiger partial charge is 0.355 e. The Morgan fingerprint density at radius 1 is 0.475 bits per heavy atom. The summed E-state index contributed by atoms with van der Waals surface area (Å²) in [5.74, 6) is 0. The van der Waals surface area contributed by atoms with Crippen LogP contribution < -0.4 is 0 Å². The number of nitrogens with zero attached hydrogens (tertiary/aromatic N) is 2. The SMILES string of the molecule is CCCCCCCc1c2nc(c(C)c3nc(c(CCCCCCC)c4ccc([nH]4)c(C)c4ccc1[nH]4)C=C3)C=C2. The number of nitrogens with one attached hydrogen (secondary N) is 2. The van der Waals surface area contributed by atoms with Gasteiger partial charge in [0, 0.05) is 38.8 Å². The first-order chi connectivity index (χ1) is 19.6. The van der Waals surface area contributed by atoms with Crippen LogP contribution in [0.15, 0.2) is 24.3 Å². The minimum Gasteiger partial charge on any atom is -0.355 e. The number of unbranched alkanes of at least 4 members (excludes halogenated alkanes) is 8. The van der Waals surface area contributed by atoms with Crippen LogP contribution in [0.3, 0.4) is 0 Å². The van der Waals surface area contributed by atoms with Crippen LogP contribution in [0.2, 0.25) is 0 Å². The fourth-order valence-corrected chi connectivity index (χ4v) is 5.95. The number of aryl methyl sites for hydroxylation is 3. The minimum absolute atomic E-state index is 1.02. The van der Waals surface area contributed by atoms with Crippen LogP contribution in [0.1, 0.15) is 123 Å². The number of H-pyrrole nitrogens is 2. The van der Waals surface area contributed by atoms with Gasteiger partial charge in [0.25, 0.3) is 0 Å². The van der Waals surface area contributed by atoms with E-state index in [2.05, 4.69) is 86.2 Å². The molecule has 210 valence electrons. The average molecular weight is 535 g/mol. The summed E-state index contributed by atoms with van der Waals surface area (Å²) in [4.78, 5) is 17.8. The summed E-state index contributed by atoms with van der Waals surface area (Å²) >= 11 is 0. The highest BCUT2D eigenvalue weighted by Gasteiger charge is 2.14. The fourth-order valence-electron chi connectivity index (χ4n) is 5.95. The standard InChI is InChI=1S/C36H46N4/c1-5-7-9-11-13-15-27-33-21-17-29(37-33)25(3)31-19-23-35(39-31)28(16-14-12-10-8-6-2)36-24-20-32(40-36)26(4)30-18-22-34(27)38-30/h17-24,37,39H,5-16H2,1-4H3. The molecular weight excluding hydrogens is 488 g/mol. The Morgan fingerprint density at radius 3 is 1.32 bits per heavy atom. The molecule has 0 amide bonds. The Bertz CT molecular complexity index is 1430. The van der Waals surface area contributed by atoms with Gasteiger partial charge in [-0.1, -0.05) is 65.2 Å². The lowest BCUT2D eigenvalue weighted by Gasteiger charge is -2.05. The Labute approximate surface area is 240 Å². The number of fused-ring (bicyclic) bond motifs is 8. The van der Waals surface area contributed by atoms with E-state index in [0.29, 0.717) is 0 Å². The van der Waals surface area contributed by atoms with Crippen LogP contribution in [0, 0.1) is 13.8 Å². The Morgan fingerprint density at radius 2 is 0.875 bits per heavy atom. The van der Waals surface area contributed by atoms with Gasteiger partial charge in [-0.15, -0.1) is 0 Å². The van der Waals surface area contributed by atoms with Crippen molar-refractivity contribution in [2.24, 2.45) is 0 Å². The molecule has 5 heterocycles. The van der Waals surface area contributed by atoms with Crippen molar-refractivity contribution in [2.75, 3.05) is 0 Å². The third-order valence-electron chi connectivity index (χ3n) is 8.56. The van der Waals surface area contributed by atoms with Crippen LogP contribution in [-0.4, -0.2) is 19.9 Å². The van der Waals surface area contributed by atoms with Crippen LogP contribution in [-0.2, 0) is 12.8 Å². The number of aromatic amines is 2. The maximum absolute atomic E-state index is 5.16. The minimum atomic E-state index is 1.02. The van der Waals surface area contributed by atoms with Crippen LogP contribution in [0.4, 0.5) is 0 Å². The zero-order chi connectivity index (χ0) is 27.9. The van der Waals surface area contributed by atoms with Gasteiger partial charge < -0.3 is 9.97 Å². The third kappa shape index (κ3) is 6.32. The van der Waals surface area contributed by atoms with Crippen molar-refractivity contribution in [2.45, 2.75) is 105 Å². The molecule has 0 fully saturated rings. The average Bonchev–Trinajstić information content (AvgIpc) is 3.79. The highest BCUT2D eigenvalue weighted by molar-refractivity contribution is 5.83. The molecule has 8 bridgehead atoms. The molecule has 4 heteroatoms. The first-order valence-electron chi connectivity index (χ1n) is 15.7. The summed E-state index contributed by atoms with van der Waals surface area (Å²) in [7, 11) is 0. The molecule has 4 nitrogen and oxygen atoms in total. The molecule has 0 spiro atoms. The molecule has 0 atom stereocenters. The summed E-state index contributed by atoms with van der Waals surface area (Å²) in [6.07, 6.45) is 23.5. The molecule has 2 N–H and O–H groups in total. The van der Waals surface area contributed by atoms with E-state index in [1.54, 1.807) is 0 Å². The fraction of sp³-hybridized carbons (Fsp3) is 0.444. The summed E-state index contributed by atoms with van der Waals surface area (Å²) in [6, 6.07) is 8.94. The zero-order valence-corrected chi connectivity index (χ0v) is 25.0. The predicted molar refractivity (Wildman–Crippen MR) is 173 cm³/mol. The van der Waals surface area contributed by atoms with Crippen LogP contribution >= 0.6 is 0 Å². The number of aromatic nitrogens is 4. The van der Waals surface area contributed by atoms with E-state index in [4.69, 9.17) is 9.97 Å². The smallest absolute Gasteiger partial charge is 0.0690 e. The third-order valence-corrected chi connectivity index (χ3v) is 8.56. The van der Waals surface area contributed by atoms with Crippen molar-refractivity contribution in [3.05, 3.63) is 69.3 Å². The van der Waals surface area contributed by atoms with Crippen molar-refractivity contribution in [1.82, 2.24) is 19.9 Å². The maximum Gasteiger partial charge on any atom is 0.0690 e. The molecule has 0 radical (unpaired) electrons. The second-order valence-electron chi connectivity index (χ2n) is 11.5. The van der Waals surface area contributed by atoms with Crippen LogP contribution in [0.25, 0.3) is 46.4 Å².